The molecule has 4 nitrogen and oxygen atoms in total. The summed E-state index contributed by atoms with van der Waals surface area (Å²) >= 11 is 8.83. The van der Waals surface area contributed by atoms with E-state index in [9.17, 15) is 4.79 Å². The van der Waals surface area contributed by atoms with Crippen molar-refractivity contribution in [2.75, 3.05) is 0 Å². The van der Waals surface area contributed by atoms with E-state index in [1.807, 2.05) is 41.8 Å². The highest BCUT2D eigenvalue weighted by molar-refractivity contribution is 7.98. The number of nitrogens with one attached hydrogen (secondary N) is 1. The van der Waals surface area contributed by atoms with Crippen LogP contribution in [-0.4, -0.2) is 15.0 Å². The molecule has 0 saturated carbocycles. The average molecular weight is 386 g/mol. The molecular weight excluding hydrogens is 374 g/mol. The number of nitrogens with zero attached hydrogens (tertiary/aromatic N) is 2. The normalized spacial score (nSPS) is 11.1. The number of thioether (sulfide) groups is 1. The molecule has 4 rings (SSSR count). The van der Waals surface area contributed by atoms with E-state index in [1.54, 1.807) is 12.3 Å². The molecule has 0 aliphatic rings. The third kappa shape index (κ3) is 3.46. The zero-order valence-electron chi connectivity index (χ0n) is 12.9. The Balaban J connectivity index is 1.64. The molecule has 0 aliphatic carbocycles. The fourth-order valence-corrected chi connectivity index (χ4v) is 4.27. The maximum Gasteiger partial charge on any atom is 0.260 e. The van der Waals surface area contributed by atoms with Crippen LogP contribution < -0.4 is 5.56 Å². The van der Waals surface area contributed by atoms with Gasteiger partial charge in [0, 0.05) is 17.1 Å². The van der Waals surface area contributed by atoms with Crippen molar-refractivity contribution in [2.45, 2.75) is 10.8 Å². The first-order valence-electron chi connectivity index (χ1n) is 7.51. The fraction of sp³-hybridized carbons (Fsp3) is 0.0556. The van der Waals surface area contributed by atoms with Gasteiger partial charge in [0.2, 0.25) is 0 Å². The molecule has 0 atom stereocenters. The number of aromatic amines is 1. The first kappa shape index (κ1) is 16.3. The monoisotopic (exact) mass is 385 g/mol. The molecule has 0 radical (unpaired) electrons. The van der Waals surface area contributed by atoms with Crippen LogP contribution >= 0.6 is 34.7 Å². The molecule has 3 aromatic heterocycles. The lowest BCUT2D eigenvalue weighted by atomic mass is 10.1. The number of aromatic nitrogens is 3. The van der Waals surface area contributed by atoms with Crippen molar-refractivity contribution >= 4 is 44.9 Å². The van der Waals surface area contributed by atoms with Crippen LogP contribution in [0.2, 0.25) is 5.02 Å². The summed E-state index contributed by atoms with van der Waals surface area (Å²) in [6.07, 6.45) is 1.61. The van der Waals surface area contributed by atoms with E-state index in [-0.39, 0.29) is 5.56 Å². The van der Waals surface area contributed by atoms with E-state index in [4.69, 9.17) is 11.6 Å². The van der Waals surface area contributed by atoms with E-state index in [2.05, 4.69) is 15.0 Å². The SMILES string of the molecule is O=c1[nH]c(CSc2ccc(Cl)cn2)nc2scc(-c3ccccc3)c12. The zero-order valence-corrected chi connectivity index (χ0v) is 15.3. The van der Waals surface area contributed by atoms with E-state index in [1.165, 1.54) is 23.1 Å². The zero-order chi connectivity index (χ0) is 17.2. The summed E-state index contributed by atoms with van der Waals surface area (Å²) in [7, 11) is 0. The highest BCUT2D eigenvalue weighted by atomic mass is 35.5. The molecule has 124 valence electrons. The van der Waals surface area contributed by atoms with Gasteiger partial charge in [-0.25, -0.2) is 9.97 Å². The summed E-state index contributed by atoms with van der Waals surface area (Å²) < 4.78 is 0. The molecular formula is C18H12ClN3OS2. The van der Waals surface area contributed by atoms with E-state index in [0.717, 1.165) is 21.0 Å². The van der Waals surface area contributed by atoms with Gasteiger partial charge in [0.1, 0.15) is 10.7 Å². The van der Waals surface area contributed by atoms with Crippen molar-refractivity contribution in [1.82, 2.24) is 15.0 Å². The molecule has 0 amide bonds. The average Bonchev–Trinajstić information content (AvgIpc) is 3.07. The molecule has 0 unspecified atom stereocenters. The first-order valence-corrected chi connectivity index (χ1v) is 9.75. The Morgan fingerprint density at radius 1 is 1.16 bits per heavy atom. The number of thiophene rings is 1. The summed E-state index contributed by atoms with van der Waals surface area (Å²) in [5.74, 6) is 1.18. The highest BCUT2D eigenvalue weighted by Crippen LogP contribution is 2.31. The highest BCUT2D eigenvalue weighted by Gasteiger charge is 2.13. The standard InChI is InChI=1S/C18H12ClN3OS2/c19-12-6-7-15(20-8-12)24-10-14-21-17(23)16-13(9-25-18(16)22-14)11-4-2-1-3-5-11/h1-9H,10H2,(H,21,22,23). The van der Waals surface area contributed by atoms with E-state index >= 15 is 0 Å². The summed E-state index contributed by atoms with van der Waals surface area (Å²) in [5, 5.41) is 4.07. The van der Waals surface area contributed by atoms with Crippen LogP contribution in [0.15, 0.2) is 63.9 Å². The Morgan fingerprint density at radius 2 is 2.00 bits per heavy atom. The molecule has 0 spiro atoms. The van der Waals surface area contributed by atoms with Gasteiger partial charge in [-0.3, -0.25) is 4.79 Å². The van der Waals surface area contributed by atoms with Crippen molar-refractivity contribution in [1.29, 1.82) is 0 Å². The van der Waals surface area contributed by atoms with Crippen LogP contribution in [0.3, 0.4) is 0 Å². The number of rotatable bonds is 4. The number of halogens is 1. The lowest BCUT2D eigenvalue weighted by Crippen LogP contribution is -2.10. The van der Waals surface area contributed by atoms with Crippen molar-refractivity contribution in [2.24, 2.45) is 0 Å². The predicted octanol–water partition coefficient (Wildman–Crippen LogP) is 4.99. The van der Waals surface area contributed by atoms with E-state index in [0.29, 0.717) is 22.0 Å². The van der Waals surface area contributed by atoms with Gasteiger partial charge < -0.3 is 4.98 Å². The minimum atomic E-state index is -0.107. The maximum absolute atomic E-state index is 12.6. The van der Waals surface area contributed by atoms with Gasteiger partial charge >= 0.3 is 0 Å². The maximum atomic E-state index is 12.6. The molecule has 0 fully saturated rings. The summed E-state index contributed by atoms with van der Waals surface area (Å²) in [4.78, 5) is 25.1. The minimum absolute atomic E-state index is 0.107. The van der Waals surface area contributed by atoms with Crippen molar-refractivity contribution in [3.05, 3.63) is 75.2 Å². The molecule has 0 bridgehead atoms. The van der Waals surface area contributed by atoms with Gasteiger partial charge in [-0.15, -0.1) is 11.3 Å². The Kier molecular flexibility index (Phi) is 4.57. The fourth-order valence-electron chi connectivity index (χ4n) is 2.48. The first-order chi connectivity index (χ1) is 12.2. The molecule has 1 N–H and O–H groups in total. The van der Waals surface area contributed by atoms with Crippen LogP contribution in [0.25, 0.3) is 21.3 Å². The van der Waals surface area contributed by atoms with Gasteiger partial charge in [-0.2, -0.15) is 0 Å². The van der Waals surface area contributed by atoms with E-state index < -0.39 is 0 Å². The molecule has 7 heteroatoms. The molecule has 4 aromatic rings. The third-order valence-corrected chi connectivity index (χ3v) is 5.69. The topological polar surface area (TPSA) is 58.6 Å². The van der Waals surface area contributed by atoms with Gasteiger partial charge in [-0.1, -0.05) is 53.7 Å². The van der Waals surface area contributed by atoms with Crippen LogP contribution in [-0.2, 0) is 5.75 Å². The Labute approximate surface area is 156 Å². The number of H-pyrrole nitrogens is 1. The molecule has 1 aromatic carbocycles. The number of pyridine rings is 1. The molecule has 0 saturated heterocycles. The number of hydrogen-bond acceptors (Lipinski definition) is 5. The third-order valence-electron chi connectivity index (χ3n) is 3.63. The minimum Gasteiger partial charge on any atom is -0.309 e. The van der Waals surface area contributed by atoms with Crippen LogP contribution in [0.5, 0.6) is 0 Å². The largest absolute Gasteiger partial charge is 0.309 e. The number of hydrogen-bond donors (Lipinski definition) is 1. The van der Waals surface area contributed by atoms with Gasteiger partial charge in [0.15, 0.2) is 0 Å². The summed E-state index contributed by atoms with van der Waals surface area (Å²) in [5.41, 5.74) is 1.84. The number of benzene rings is 1. The van der Waals surface area contributed by atoms with Crippen molar-refractivity contribution in [3.63, 3.8) is 0 Å². The van der Waals surface area contributed by atoms with Gasteiger partial charge in [0.25, 0.3) is 5.56 Å². The predicted molar refractivity (Wildman–Crippen MR) is 104 cm³/mol. The van der Waals surface area contributed by atoms with Crippen molar-refractivity contribution < 1.29 is 0 Å². The van der Waals surface area contributed by atoms with Gasteiger partial charge in [0.05, 0.1) is 21.2 Å². The van der Waals surface area contributed by atoms with Crippen LogP contribution in [0.4, 0.5) is 0 Å². The number of fused-ring (bicyclic) bond motifs is 1. The Hall–Kier alpha value is -2.15. The summed E-state index contributed by atoms with van der Waals surface area (Å²) in [6, 6.07) is 13.5. The second-order valence-corrected chi connectivity index (χ2v) is 7.60. The molecule has 0 aliphatic heterocycles. The van der Waals surface area contributed by atoms with Crippen LogP contribution in [0, 0.1) is 0 Å². The lowest BCUT2D eigenvalue weighted by Gasteiger charge is -2.02. The second kappa shape index (κ2) is 7.00. The Morgan fingerprint density at radius 3 is 2.76 bits per heavy atom. The summed E-state index contributed by atoms with van der Waals surface area (Å²) in [6.45, 7) is 0. The lowest BCUT2D eigenvalue weighted by molar-refractivity contribution is 1.04. The van der Waals surface area contributed by atoms with Crippen molar-refractivity contribution in [3.8, 4) is 11.1 Å². The smallest absolute Gasteiger partial charge is 0.260 e. The molecule has 25 heavy (non-hydrogen) atoms. The quantitative estimate of drug-likeness (QED) is 0.502. The Bertz CT molecular complexity index is 1080. The molecule has 3 heterocycles. The van der Waals surface area contributed by atoms with Gasteiger partial charge in [-0.05, 0) is 17.7 Å². The second-order valence-electron chi connectivity index (χ2n) is 5.31. The van der Waals surface area contributed by atoms with Crippen LogP contribution in [0.1, 0.15) is 5.82 Å².